The van der Waals surface area contributed by atoms with E-state index in [0.717, 1.165) is 64.5 Å². The first-order valence-electron chi connectivity index (χ1n) is 9.43. The van der Waals surface area contributed by atoms with E-state index in [-0.39, 0.29) is 6.04 Å². The molecular formula is C19H26N6O. The highest BCUT2D eigenvalue weighted by molar-refractivity contribution is 5.82. The van der Waals surface area contributed by atoms with Crippen LogP contribution in [0, 0.1) is 0 Å². The third-order valence-corrected chi connectivity index (χ3v) is 5.40. The van der Waals surface area contributed by atoms with Gasteiger partial charge in [-0.05, 0) is 24.9 Å². The number of hydrogen-bond donors (Lipinski definition) is 1. The van der Waals surface area contributed by atoms with Crippen LogP contribution < -0.4 is 0 Å². The van der Waals surface area contributed by atoms with Gasteiger partial charge in [-0.3, -0.25) is 19.7 Å². The second kappa shape index (κ2) is 7.97. The molecule has 4 rings (SSSR count). The zero-order valence-corrected chi connectivity index (χ0v) is 15.0. The second-order valence-corrected chi connectivity index (χ2v) is 7.15. The Bertz CT molecular complexity index is 696. The minimum Gasteiger partial charge on any atom is -0.339 e. The van der Waals surface area contributed by atoms with Gasteiger partial charge in [0.15, 0.2) is 0 Å². The summed E-state index contributed by atoms with van der Waals surface area (Å²) in [5, 5.41) is 6.80. The van der Waals surface area contributed by atoms with Crippen molar-refractivity contribution >= 4 is 5.91 Å². The molecule has 2 aliphatic heterocycles. The number of piperazine rings is 1. The molecule has 0 unspecified atom stereocenters. The van der Waals surface area contributed by atoms with Gasteiger partial charge in [0.25, 0.3) is 0 Å². The van der Waals surface area contributed by atoms with Crippen LogP contribution in [-0.2, 0) is 17.9 Å². The van der Waals surface area contributed by atoms with Crippen molar-refractivity contribution in [2.75, 3.05) is 32.7 Å². The molecule has 2 aromatic rings. The normalized spacial score (nSPS) is 22.0. The molecule has 0 bridgehead atoms. The highest BCUT2D eigenvalue weighted by atomic mass is 16.2. The molecule has 3 heterocycles. The van der Waals surface area contributed by atoms with Crippen LogP contribution in [0.25, 0.3) is 0 Å². The Balaban J connectivity index is 1.31. The van der Waals surface area contributed by atoms with Crippen molar-refractivity contribution < 1.29 is 4.79 Å². The molecule has 26 heavy (non-hydrogen) atoms. The minimum atomic E-state index is 0.0380. The summed E-state index contributed by atoms with van der Waals surface area (Å²) >= 11 is 0. The lowest BCUT2D eigenvalue weighted by Gasteiger charge is -2.37. The lowest BCUT2D eigenvalue weighted by Crippen LogP contribution is -2.53. The molecule has 2 aliphatic rings. The number of nitrogens with one attached hydrogen (secondary N) is 1. The Labute approximate surface area is 154 Å². The summed E-state index contributed by atoms with van der Waals surface area (Å²) < 4.78 is 0. The summed E-state index contributed by atoms with van der Waals surface area (Å²) in [7, 11) is 0. The quantitative estimate of drug-likeness (QED) is 0.871. The number of H-pyrrole nitrogens is 1. The topological polar surface area (TPSA) is 68.4 Å². The monoisotopic (exact) mass is 354 g/mol. The summed E-state index contributed by atoms with van der Waals surface area (Å²) in [5.74, 6) is 1.19. The molecular weight excluding hydrogens is 328 g/mol. The molecule has 2 saturated heterocycles. The van der Waals surface area contributed by atoms with Crippen molar-refractivity contribution in [1.82, 2.24) is 29.9 Å². The zero-order chi connectivity index (χ0) is 17.8. The van der Waals surface area contributed by atoms with E-state index in [2.05, 4.69) is 49.2 Å². The van der Waals surface area contributed by atoms with Gasteiger partial charge in [0, 0.05) is 32.7 Å². The summed E-state index contributed by atoms with van der Waals surface area (Å²) in [6, 6.07) is 10.5. The molecule has 1 N–H and O–H groups in total. The number of aromatic nitrogens is 3. The van der Waals surface area contributed by atoms with Crippen molar-refractivity contribution in [3.8, 4) is 0 Å². The van der Waals surface area contributed by atoms with Gasteiger partial charge in [-0.1, -0.05) is 30.3 Å². The fraction of sp³-hybridized carbons (Fsp3) is 0.526. The minimum absolute atomic E-state index is 0.0380. The molecule has 7 nitrogen and oxygen atoms in total. The first-order chi connectivity index (χ1) is 12.8. The SMILES string of the molecule is O=C([C@@H]1CCCN1Cc1ccccc1)N1CCN(Cc2ncn[nH]2)CC1. The Kier molecular flexibility index (Phi) is 5.26. The van der Waals surface area contributed by atoms with E-state index in [1.165, 1.54) is 11.9 Å². The van der Waals surface area contributed by atoms with Gasteiger partial charge < -0.3 is 4.90 Å². The number of carbonyl (C=O) groups excluding carboxylic acids is 1. The number of aromatic amines is 1. The first-order valence-corrected chi connectivity index (χ1v) is 9.43. The molecule has 1 atom stereocenters. The molecule has 0 spiro atoms. The standard InChI is InChI=1S/C19H26N6O/c26-19(17-7-4-8-25(17)13-16-5-2-1-3-6-16)24-11-9-23(10-12-24)14-18-20-15-21-22-18/h1-3,5-6,15,17H,4,7-14H2,(H,20,21,22)/t17-/m0/s1. The number of benzene rings is 1. The molecule has 0 radical (unpaired) electrons. The Morgan fingerprint density at radius 2 is 1.88 bits per heavy atom. The largest absolute Gasteiger partial charge is 0.339 e. The molecule has 2 fully saturated rings. The van der Waals surface area contributed by atoms with Crippen LogP contribution >= 0.6 is 0 Å². The van der Waals surface area contributed by atoms with Gasteiger partial charge >= 0.3 is 0 Å². The van der Waals surface area contributed by atoms with Crippen LogP contribution in [0.4, 0.5) is 0 Å². The Morgan fingerprint density at radius 1 is 1.08 bits per heavy atom. The molecule has 1 aromatic heterocycles. The fourth-order valence-corrected chi connectivity index (χ4v) is 3.97. The maximum atomic E-state index is 13.1. The van der Waals surface area contributed by atoms with Crippen LogP contribution in [0.2, 0.25) is 0 Å². The van der Waals surface area contributed by atoms with Crippen molar-refractivity contribution in [3.63, 3.8) is 0 Å². The summed E-state index contributed by atoms with van der Waals surface area (Å²) in [5.41, 5.74) is 1.28. The predicted molar refractivity (Wildman–Crippen MR) is 98.1 cm³/mol. The van der Waals surface area contributed by atoms with Crippen LogP contribution in [0.1, 0.15) is 24.2 Å². The highest BCUT2D eigenvalue weighted by Crippen LogP contribution is 2.22. The highest BCUT2D eigenvalue weighted by Gasteiger charge is 2.34. The maximum absolute atomic E-state index is 13.1. The summed E-state index contributed by atoms with van der Waals surface area (Å²) in [6.07, 6.45) is 3.62. The van der Waals surface area contributed by atoms with Gasteiger partial charge in [-0.2, -0.15) is 5.10 Å². The van der Waals surface area contributed by atoms with E-state index in [1.54, 1.807) is 0 Å². The Hall–Kier alpha value is -2.25. The third kappa shape index (κ3) is 3.94. The number of rotatable bonds is 5. The molecule has 1 aromatic carbocycles. The van der Waals surface area contributed by atoms with Crippen molar-refractivity contribution in [3.05, 3.63) is 48.0 Å². The third-order valence-electron chi connectivity index (χ3n) is 5.40. The predicted octanol–water partition coefficient (Wildman–Crippen LogP) is 1.11. The fourth-order valence-electron chi connectivity index (χ4n) is 3.97. The smallest absolute Gasteiger partial charge is 0.240 e. The van der Waals surface area contributed by atoms with Gasteiger partial charge in [0.2, 0.25) is 5.91 Å². The second-order valence-electron chi connectivity index (χ2n) is 7.15. The van der Waals surface area contributed by atoms with Gasteiger partial charge in [0.05, 0.1) is 12.6 Å². The van der Waals surface area contributed by atoms with E-state index in [1.807, 2.05) is 11.0 Å². The van der Waals surface area contributed by atoms with Crippen LogP contribution in [0.3, 0.4) is 0 Å². The number of hydrogen-bond acceptors (Lipinski definition) is 5. The van der Waals surface area contributed by atoms with Crippen molar-refractivity contribution in [2.45, 2.75) is 32.0 Å². The molecule has 1 amide bonds. The molecule has 138 valence electrons. The first kappa shape index (κ1) is 17.2. The summed E-state index contributed by atoms with van der Waals surface area (Å²) in [4.78, 5) is 24.0. The van der Waals surface area contributed by atoms with Crippen LogP contribution in [-0.4, -0.2) is 74.6 Å². The van der Waals surface area contributed by atoms with Crippen LogP contribution in [0.5, 0.6) is 0 Å². The van der Waals surface area contributed by atoms with Crippen molar-refractivity contribution in [2.24, 2.45) is 0 Å². The average molecular weight is 354 g/mol. The van der Waals surface area contributed by atoms with E-state index in [4.69, 9.17) is 0 Å². The number of nitrogens with zero attached hydrogens (tertiary/aromatic N) is 5. The summed E-state index contributed by atoms with van der Waals surface area (Å²) in [6.45, 7) is 6.01. The molecule has 0 saturated carbocycles. The van der Waals surface area contributed by atoms with Gasteiger partial charge in [0.1, 0.15) is 12.2 Å². The average Bonchev–Trinajstić information content (AvgIpc) is 3.35. The van der Waals surface area contributed by atoms with E-state index in [9.17, 15) is 4.79 Å². The van der Waals surface area contributed by atoms with Gasteiger partial charge in [-0.15, -0.1) is 0 Å². The lowest BCUT2D eigenvalue weighted by atomic mass is 10.1. The number of amides is 1. The van der Waals surface area contributed by atoms with Crippen molar-refractivity contribution in [1.29, 1.82) is 0 Å². The zero-order valence-electron chi connectivity index (χ0n) is 15.0. The molecule has 7 heteroatoms. The number of likely N-dealkylation sites (tertiary alicyclic amines) is 1. The molecule has 0 aliphatic carbocycles. The van der Waals surface area contributed by atoms with Crippen LogP contribution in [0.15, 0.2) is 36.7 Å². The van der Waals surface area contributed by atoms with E-state index in [0.29, 0.717) is 5.91 Å². The van der Waals surface area contributed by atoms with E-state index >= 15 is 0 Å². The number of carbonyl (C=O) groups is 1. The van der Waals surface area contributed by atoms with E-state index < -0.39 is 0 Å². The Morgan fingerprint density at radius 3 is 2.62 bits per heavy atom. The lowest BCUT2D eigenvalue weighted by molar-refractivity contribution is -0.138. The van der Waals surface area contributed by atoms with Gasteiger partial charge in [-0.25, -0.2) is 4.98 Å². The maximum Gasteiger partial charge on any atom is 0.240 e.